The molecule has 2 heterocycles. The second-order valence-electron chi connectivity index (χ2n) is 6.89. The largest absolute Gasteiger partial charge is 0.416 e. The molecular formula is C17H18F3N5O5S. The maximum atomic E-state index is 12.9. The van der Waals surface area contributed by atoms with Crippen LogP contribution in [0.4, 0.5) is 24.5 Å². The van der Waals surface area contributed by atoms with E-state index >= 15 is 0 Å². The maximum absolute atomic E-state index is 12.9. The minimum atomic E-state index is -4.73. The number of benzene rings is 1. The van der Waals surface area contributed by atoms with Crippen LogP contribution >= 0.6 is 0 Å². The number of hydrogen-bond acceptors (Lipinski definition) is 6. The first-order valence-corrected chi connectivity index (χ1v) is 10.3. The van der Waals surface area contributed by atoms with Gasteiger partial charge in [-0.15, -0.1) is 0 Å². The Hall–Kier alpha value is -3.13. The number of nitrogens with two attached hydrogens (primary N) is 1. The monoisotopic (exact) mass is 461 g/mol. The van der Waals surface area contributed by atoms with Crippen LogP contribution in [0.1, 0.15) is 16.1 Å². The lowest BCUT2D eigenvalue weighted by Gasteiger charge is -2.35. The van der Waals surface area contributed by atoms with Crippen molar-refractivity contribution in [2.24, 2.45) is 12.8 Å². The van der Waals surface area contributed by atoms with Gasteiger partial charge in [0.25, 0.3) is 11.6 Å². The van der Waals surface area contributed by atoms with Crippen LogP contribution in [0.2, 0.25) is 0 Å². The predicted molar refractivity (Wildman–Crippen MR) is 103 cm³/mol. The molecule has 1 saturated heterocycles. The number of carbonyl (C=O) groups excluding carboxylic acids is 1. The predicted octanol–water partition coefficient (Wildman–Crippen LogP) is 1.56. The van der Waals surface area contributed by atoms with Gasteiger partial charge in [-0.1, -0.05) is 0 Å². The molecule has 1 aromatic carbocycles. The van der Waals surface area contributed by atoms with E-state index in [4.69, 9.17) is 5.73 Å². The summed E-state index contributed by atoms with van der Waals surface area (Å²) in [5, 5.41) is 11.3. The minimum absolute atomic E-state index is 0.0117. The summed E-state index contributed by atoms with van der Waals surface area (Å²) >= 11 is 0. The molecule has 3 rings (SSSR count). The normalized spacial score (nSPS) is 15.8. The number of aryl methyl sites for hydroxylation is 1. The molecule has 1 fully saturated rings. The third-order valence-electron chi connectivity index (χ3n) is 4.95. The smallest absolute Gasteiger partial charge is 0.364 e. The van der Waals surface area contributed by atoms with Crippen molar-refractivity contribution in [1.29, 1.82) is 0 Å². The molecule has 0 atom stereocenters. The van der Waals surface area contributed by atoms with E-state index in [1.54, 1.807) is 0 Å². The molecule has 1 aliphatic rings. The molecule has 2 N–H and O–H groups in total. The van der Waals surface area contributed by atoms with E-state index in [-0.39, 0.29) is 42.5 Å². The summed E-state index contributed by atoms with van der Waals surface area (Å²) in [5.74, 6) is -0.789. The number of sulfonamides is 1. The van der Waals surface area contributed by atoms with Gasteiger partial charge in [-0.05, 0) is 18.2 Å². The summed E-state index contributed by atoms with van der Waals surface area (Å²) in [7, 11) is -2.49. The highest BCUT2D eigenvalue weighted by atomic mass is 32.2. The Morgan fingerprint density at radius 3 is 2.26 bits per heavy atom. The molecular weight excluding hydrogens is 443 g/mol. The average Bonchev–Trinajstić information content (AvgIpc) is 3.09. The molecule has 31 heavy (non-hydrogen) atoms. The van der Waals surface area contributed by atoms with Crippen LogP contribution < -0.4 is 10.6 Å². The zero-order valence-electron chi connectivity index (χ0n) is 16.2. The molecule has 0 saturated carbocycles. The lowest BCUT2D eigenvalue weighted by atomic mass is 10.1. The summed E-state index contributed by atoms with van der Waals surface area (Å²) in [5.41, 5.74) is 3.35. The van der Waals surface area contributed by atoms with E-state index in [9.17, 15) is 36.5 Å². The zero-order valence-corrected chi connectivity index (χ0v) is 17.0. The number of piperazine rings is 1. The summed E-state index contributed by atoms with van der Waals surface area (Å²) in [4.78, 5) is 23.1. The topological polar surface area (TPSA) is 132 Å². The number of alkyl halides is 3. The van der Waals surface area contributed by atoms with E-state index in [1.165, 1.54) is 22.7 Å². The van der Waals surface area contributed by atoms with Gasteiger partial charge in [-0.2, -0.15) is 17.5 Å². The third kappa shape index (κ3) is 4.34. The van der Waals surface area contributed by atoms with Crippen LogP contribution in [0.15, 0.2) is 35.4 Å². The van der Waals surface area contributed by atoms with Crippen LogP contribution in [-0.2, 0) is 23.2 Å². The fourth-order valence-electron chi connectivity index (χ4n) is 3.35. The summed E-state index contributed by atoms with van der Waals surface area (Å²) in [6.07, 6.45) is -3.47. The van der Waals surface area contributed by atoms with Crippen molar-refractivity contribution < 1.29 is 31.3 Å². The highest BCUT2D eigenvalue weighted by Gasteiger charge is 2.35. The van der Waals surface area contributed by atoms with E-state index in [1.807, 2.05) is 0 Å². The quantitative estimate of drug-likeness (QED) is 0.531. The number of anilines is 1. The van der Waals surface area contributed by atoms with Crippen molar-refractivity contribution in [3.05, 3.63) is 51.8 Å². The average molecular weight is 461 g/mol. The number of primary amides is 1. The first-order chi connectivity index (χ1) is 14.3. The number of nitrogens with zero attached hydrogens (tertiary/aromatic N) is 4. The van der Waals surface area contributed by atoms with E-state index in [0.29, 0.717) is 6.07 Å². The Labute approximate surface area is 174 Å². The first kappa shape index (κ1) is 22.6. The number of rotatable bonds is 5. The van der Waals surface area contributed by atoms with Gasteiger partial charge in [-0.3, -0.25) is 14.9 Å². The van der Waals surface area contributed by atoms with Crippen molar-refractivity contribution >= 4 is 27.3 Å². The van der Waals surface area contributed by atoms with Crippen molar-refractivity contribution in [3.8, 4) is 0 Å². The van der Waals surface area contributed by atoms with Gasteiger partial charge in [0.2, 0.25) is 10.0 Å². The molecule has 0 bridgehead atoms. The lowest BCUT2D eigenvalue weighted by molar-refractivity contribution is -0.384. The number of aromatic nitrogens is 1. The van der Waals surface area contributed by atoms with Crippen molar-refractivity contribution in [3.63, 3.8) is 0 Å². The molecule has 14 heteroatoms. The first-order valence-electron chi connectivity index (χ1n) is 8.89. The highest BCUT2D eigenvalue weighted by molar-refractivity contribution is 7.89. The van der Waals surface area contributed by atoms with Gasteiger partial charge in [0, 0.05) is 45.5 Å². The molecule has 0 unspecified atom stereocenters. The molecule has 2 aromatic rings. The minimum Gasteiger partial charge on any atom is -0.364 e. The van der Waals surface area contributed by atoms with Crippen LogP contribution in [0.25, 0.3) is 0 Å². The fourth-order valence-corrected chi connectivity index (χ4v) is 4.85. The highest BCUT2D eigenvalue weighted by Crippen LogP contribution is 2.37. The number of carbonyl (C=O) groups is 1. The van der Waals surface area contributed by atoms with E-state index in [0.717, 1.165) is 22.5 Å². The van der Waals surface area contributed by atoms with Crippen LogP contribution in [0.5, 0.6) is 0 Å². The Bertz CT molecular complexity index is 1140. The molecule has 0 spiro atoms. The van der Waals surface area contributed by atoms with Crippen molar-refractivity contribution in [1.82, 2.24) is 8.87 Å². The second-order valence-corrected chi connectivity index (χ2v) is 8.82. The Balaban J connectivity index is 1.81. The molecule has 1 aliphatic heterocycles. The second kappa shape index (κ2) is 7.85. The van der Waals surface area contributed by atoms with E-state index in [2.05, 4.69) is 0 Å². The van der Waals surface area contributed by atoms with Gasteiger partial charge in [0.15, 0.2) is 0 Å². The van der Waals surface area contributed by atoms with E-state index < -0.39 is 38.3 Å². The SMILES string of the molecule is Cn1cc(S(=O)(=O)N2CCN(c3ccc(C(F)(F)F)cc3[N+](=O)[O-])CC2)cc1C(N)=O. The third-order valence-corrected chi connectivity index (χ3v) is 6.81. The number of amides is 1. The van der Waals surface area contributed by atoms with Crippen LogP contribution in [0, 0.1) is 10.1 Å². The standard InChI is InChI=1S/C17H18F3N5O5S/c1-22-10-12(9-15(22)16(21)26)31(29,30)24-6-4-23(5-7-24)13-3-2-11(17(18,19)20)8-14(13)25(27)28/h2-3,8-10H,4-7H2,1H3,(H2,21,26). The van der Waals surface area contributed by atoms with Crippen molar-refractivity contribution in [2.75, 3.05) is 31.1 Å². The molecule has 0 radical (unpaired) electrons. The molecule has 168 valence electrons. The van der Waals surface area contributed by atoms with Gasteiger partial charge in [0.1, 0.15) is 16.3 Å². The molecule has 10 nitrogen and oxygen atoms in total. The maximum Gasteiger partial charge on any atom is 0.416 e. The van der Waals surface area contributed by atoms with Gasteiger partial charge in [0.05, 0.1) is 10.5 Å². The molecule has 1 amide bonds. The zero-order chi connectivity index (χ0) is 23.1. The Morgan fingerprint density at radius 1 is 1.16 bits per heavy atom. The summed E-state index contributed by atoms with van der Waals surface area (Å²) in [6, 6.07) is 3.39. The fraction of sp³-hybridized carbons (Fsp3) is 0.353. The lowest BCUT2D eigenvalue weighted by Crippen LogP contribution is -2.48. The Kier molecular flexibility index (Phi) is 5.71. The van der Waals surface area contributed by atoms with Gasteiger partial charge < -0.3 is 15.2 Å². The number of hydrogen-bond donors (Lipinski definition) is 1. The number of nitro groups is 1. The molecule has 1 aromatic heterocycles. The van der Waals surface area contributed by atoms with Crippen molar-refractivity contribution in [2.45, 2.75) is 11.1 Å². The number of nitro benzene ring substituents is 1. The van der Waals surface area contributed by atoms with Crippen LogP contribution in [0.3, 0.4) is 0 Å². The van der Waals surface area contributed by atoms with Crippen LogP contribution in [-0.4, -0.2) is 54.3 Å². The van der Waals surface area contributed by atoms with Gasteiger partial charge >= 0.3 is 6.18 Å². The number of halogens is 3. The summed E-state index contributed by atoms with van der Waals surface area (Å²) in [6.45, 7) is -0.0511. The molecule has 0 aliphatic carbocycles. The summed E-state index contributed by atoms with van der Waals surface area (Å²) < 4.78 is 66.8. The Morgan fingerprint density at radius 2 is 1.77 bits per heavy atom. The van der Waals surface area contributed by atoms with Gasteiger partial charge in [-0.25, -0.2) is 8.42 Å².